The molecule has 0 aliphatic heterocycles. The molecule has 1 aromatic rings. The van der Waals surface area contributed by atoms with Crippen LogP contribution in [0.3, 0.4) is 0 Å². The highest BCUT2D eigenvalue weighted by Crippen LogP contribution is 2.53. The van der Waals surface area contributed by atoms with Gasteiger partial charge in [0.1, 0.15) is 17.3 Å². The zero-order valence-electron chi connectivity index (χ0n) is 19.5. The van der Waals surface area contributed by atoms with Crippen molar-refractivity contribution in [3.05, 3.63) is 40.2 Å². The Morgan fingerprint density at radius 2 is 1.79 bits per heavy atom. The van der Waals surface area contributed by atoms with E-state index in [1.54, 1.807) is 25.1 Å². The van der Waals surface area contributed by atoms with Gasteiger partial charge in [0.15, 0.2) is 11.4 Å². The molecule has 3 aliphatic rings. The molecule has 0 unspecified atom stereocenters. The van der Waals surface area contributed by atoms with Crippen molar-refractivity contribution < 1.29 is 34.8 Å². The maximum absolute atomic E-state index is 13.8. The summed E-state index contributed by atoms with van der Waals surface area (Å²) in [7, 11) is 6.86. The molecule has 1 aromatic carbocycles. The predicted octanol–water partition coefficient (Wildman–Crippen LogP) is 0.420. The summed E-state index contributed by atoms with van der Waals surface area (Å²) in [5.41, 5.74) is 3.70. The number of primary amides is 1. The summed E-state index contributed by atoms with van der Waals surface area (Å²) in [6.07, 6.45) is -0.254. The molecule has 182 valence electrons. The zero-order valence-corrected chi connectivity index (χ0v) is 19.5. The van der Waals surface area contributed by atoms with Crippen molar-refractivity contribution in [2.24, 2.45) is 17.6 Å². The number of rotatable bonds is 4. The number of aromatic hydroxyl groups is 1. The second-order valence-electron chi connectivity index (χ2n) is 9.70. The van der Waals surface area contributed by atoms with E-state index in [9.17, 15) is 34.8 Å². The van der Waals surface area contributed by atoms with Gasteiger partial charge in [-0.3, -0.25) is 19.3 Å². The molecular formula is C24H29N3O7. The summed E-state index contributed by atoms with van der Waals surface area (Å²) in [5, 5.41) is 44.3. The molecule has 0 aromatic heterocycles. The van der Waals surface area contributed by atoms with E-state index in [1.165, 1.54) is 6.07 Å². The number of amides is 1. The van der Waals surface area contributed by atoms with Crippen molar-refractivity contribution in [2.75, 3.05) is 33.1 Å². The third kappa shape index (κ3) is 3.13. The van der Waals surface area contributed by atoms with Crippen LogP contribution in [0.15, 0.2) is 29.0 Å². The van der Waals surface area contributed by atoms with Gasteiger partial charge in [0, 0.05) is 36.8 Å². The first kappa shape index (κ1) is 23.8. The minimum atomic E-state index is -2.53. The Bertz CT molecular complexity index is 1180. The monoisotopic (exact) mass is 471 g/mol. The Kier molecular flexibility index (Phi) is 5.49. The fourth-order valence-corrected chi connectivity index (χ4v) is 5.82. The lowest BCUT2D eigenvalue weighted by Gasteiger charge is -2.50. The molecule has 1 fully saturated rings. The first-order chi connectivity index (χ1) is 15.8. The number of ketones is 2. The number of anilines is 1. The maximum Gasteiger partial charge on any atom is 0.222 e. The van der Waals surface area contributed by atoms with Crippen LogP contribution in [-0.2, 0) is 20.8 Å². The summed E-state index contributed by atoms with van der Waals surface area (Å²) < 4.78 is 0. The second-order valence-corrected chi connectivity index (χ2v) is 9.70. The lowest BCUT2D eigenvalue weighted by molar-refractivity contribution is -0.153. The average molecular weight is 472 g/mol. The van der Waals surface area contributed by atoms with Crippen molar-refractivity contribution in [1.29, 1.82) is 0 Å². The van der Waals surface area contributed by atoms with E-state index in [0.717, 1.165) is 5.69 Å². The molecule has 4 rings (SSSR count). The molecule has 10 nitrogen and oxygen atoms in total. The van der Waals surface area contributed by atoms with Crippen LogP contribution in [-0.4, -0.2) is 82.6 Å². The van der Waals surface area contributed by atoms with Crippen LogP contribution >= 0.6 is 0 Å². The van der Waals surface area contributed by atoms with Crippen molar-refractivity contribution in [2.45, 2.75) is 30.9 Å². The number of aliphatic hydroxyl groups is 3. The lowest BCUT2D eigenvalue weighted by Crippen LogP contribution is -2.65. The van der Waals surface area contributed by atoms with Crippen molar-refractivity contribution in [1.82, 2.24) is 4.90 Å². The van der Waals surface area contributed by atoms with Gasteiger partial charge in [0.05, 0.1) is 18.0 Å². The normalized spacial score (nSPS) is 28.6. The first-order valence-corrected chi connectivity index (χ1v) is 11.0. The number of fused-ring (bicyclic) bond motifs is 3. The highest BCUT2D eigenvalue weighted by molar-refractivity contribution is 6.15. The van der Waals surface area contributed by atoms with E-state index >= 15 is 0 Å². The molecule has 0 spiro atoms. The molecule has 10 heteroatoms. The number of nitrogens with zero attached hydrogens (tertiary/aromatic N) is 2. The third-order valence-corrected chi connectivity index (χ3v) is 7.27. The summed E-state index contributed by atoms with van der Waals surface area (Å²) in [6.45, 7) is 0. The standard InChI is InChI=1S/C24H29N3O7/c1-26(2)14-5-6-15(28)18-11(14)7-10-8-13-19(27(3)4)20(30)12(9-16(25)29)22(32)24(13,34)23(33)17(10)21(18)31/h5-6,10,13,19,28,31-32,34H,7-9H2,1-4H3,(H2,25,29)/t10-,13-,19-,24+/m0/s1. The van der Waals surface area contributed by atoms with Crippen LogP contribution in [0.1, 0.15) is 24.0 Å². The van der Waals surface area contributed by atoms with E-state index in [0.29, 0.717) is 5.56 Å². The molecule has 6 N–H and O–H groups in total. The number of carbonyl (C=O) groups is 3. The minimum Gasteiger partial charge on any atom is -0.508 e. The summed E-state index contributed by atoms with van der Waals surface area (Å²) in [6, 6.07) is 2.13. The number of nitrogens with two attached hydrogens (primary N) is 1. The second kappa shape index (κ2) is 7.85. The number of phenols is 1. The minimum absolute atomic E-state index is 0.102. The van der Waals surface area contributed by atoms with Gasteiger partial charge < -0.3 is 31.1 Å². The number of carbonyl (C=O) groups excluding carboxylic acids is 3. The van der Waals surface area contributed by atoms with E-state index in [1.807, 2.05) is 19.0 Å². The number of hydrogen-bond donors (Lipinski definition) is 5. The van der Waals surface area contributed by atoms with E-state index in [4.69, 9.17) is 5.73 Å². The van der Waals surface area contributed by atoms with Gasteiger partial charge in [0.2, 0.25) is 11.7 Å². The molecular weight excluding hydrogens is 442 g/mol. The number of likely N-dealkylation sites (N-methyl/N-ethyl adjacent to an activating group) is 1. The largest absolute Gasteiger partial charge is 0.508 e. The Morgan fingerprint density at radius 1 is 1.15 bits per heavy atom. The van der Waals surface area contributed by atoms with Gasteiger partial charge in [-0.2, -0.15) is 0 Å². The quantitative estimate of drug-likeness (QED) is 0.418. The fraction of sp³-hybridized carbons (Fsp3) is 0.458. The SMILES string of the molecule is CN(C)c1ccc(O)c2c1C[C@H]1C[C@H]3[C@H](N(C)C)C(=O)C(CC(N)=O)=C(O)[C@@]3(O)C(=O)C1=C2O. The topological polar surface area (TPSA) is 165 Å². The molecule has 0 saturated heterocycles. The Balaban J connectivity index is 1.97. The highest BCUT2D eigenvalue weighted by atomic mass is 16.3. The number of aliphatic hydroxyl groups excluding tert-OH is 2. The van der Waals surface area contributed by atoms with Gasteiger partial charge in [-0.05, 0) is 50.6 Å². The van der Waals surface area contributed by atoms with Crippen molar-refractivity contribution in [3.8, 4) is 5.75 Å². The summed E-state index contributed by atoms with van der Waals surface area (Å²) in [5.74, 6) is -5.61. The van der Waals surface area contributed by atoms with Crippen molar-refractivity contribution in [3.63, 3.8) is 0 Å². The molecule has 34 heavy (non-hydrogen) atoms. The Hall–Kier alpha value is -3.37. The molecule has 0 heterocycles. The van der Waals surface area contributed by atoms with Crippen LogP contribution in [0.2, 0.25) is 0 Å². The van der Waals surface area contributed by atoms with Gasteiger partial charge in [-0.1, -0.05) is 0 Å². The Labute approximate surface area is 196 Å². The van der Waals surface area contributed by atoms with Crippen LogP contribution in [0, 0.1) is 11.8 Å². The number of hydrogen-bond acceptors (Lipinski definition) is 9. The van der Waals surface area contributed by atoms with Gasteiger partial charge >= 0.3 is 0 Å². The molecule has 1 saturated carbocycles. The molecule has 0 radical (unpaired) electrons. The van der Waals surface area contributed by atoms with E-state index in [2.05, 4.69) is 0 Å². The van der Waals surface area contributed by atoms with Gasteiger partial charge in [0.25, 0.3) is 0 Å². The molecule has 4 atom stereocenters. The van der Waals surface area contributed by atoms with Gasteiger partial charge in [-0.25, -0.2) is 0 Å². The van der Waals surface area contributed by atoms with Gasteiger partial charge in [-0.15, -0.1) is 0 Å². The first-order valence-electron chi connectivity index (χ1n) is 11.0. The highest BCUT2D eigenvalue weighted by Gasteiger charge is 2.63. The summed E-state index contributed by atoms with van der Waals surface area (Å²) in [4.78, 5) is 42.0. The number of Topliss-reactive ketones (excluding diaryl/α,β-unsaturated/α-hetero) is 2. The van der Waals surface area contributed by atoms with Crippen LogP contribution in [0.4, 0.5) is 5.69 Å². The van der Waals surface area contributed by atoms with Crippen LogP contribution < -0.4 is 10.6 Å². The smallest absolute Gasteiger partial charge is 0.222 e. The Morgan fingerprint density at radius 3 is 2.35 bits per heavy atom. The van der Waals surface area contributed by atoms with Crippen LogP contribution in [0.5, 0.6) is 5.75 Å². The number of phenolic OH excluding ortho intramolecular Hbond substituents is 1. The third-order valence-electron chi connectivity index (χ3n) is 7.27. The molecule has 1 amide bonds. The average Bonchev–Trinajstić information content (AvgIpc) is 2.73. The fourth-order valence-electron chi connectivity index (χ4n) is 5.82. The number of benzene rings is 1. The zero-order chi connectivity index (χ0) is 25.3. The van der Waals surface area contributed by atoms with Crippen molar-refractivity contribution >= 4 is 28.9 Å². The van der Waals surface area contributed by atoms with E-state index in [-0.39, 0.29) is 29.7 Å². The van der Waals surface area contributed by atoms with E-state index < -0.39 is 64.5 Å². The predicted molar refractivity (Wildman–Crippen MR) is 123 cm³/mol. The maximum atomic E-state index is 13.8. The van der Waals surface area contributed by atoms with Crippen LogP contribution in [0.25, 0.3) is 5.76 Å². The molecule has 0 bridgehead atoms. The summed E-state index contributed by atoms with van der Waals surface area (Å²) >= 11 is 0. The lowest BCUT2D eigenvalue weighted by atomic mass is 9.57. The molecule has 3 aliphatic carbocycles.